The van der Waals surface area contributed by atoms with E-state index >= 15 is 0 Å². The Labute approximate surface area is 123 Å². The van der Waals surface area contributed by atoms with Crippen molar-refractivity contribution in [3.63, 3.8) is 0 Å². The van der Waals surface area contributed by atoms with Crippen LogP contribution in [0.1, 0.15) is 30.1 Å². The summed E-state index contributed by atoms with van der Waals surface area (Å²) in [5.41, 5.74) is 0.535. The fraction of sp³-hybridized carbons (Fsp3) is 0.267. The molecule has 0 amide bonds. The smallest absolute Gasteiger partial charge is 0.212 e. The molecule has 0 saturated heterocycles. The molecule has 1 aromatic heterocycles. The van der Waals surface area contributed by atoms with Crippen LogP contribution in [0.3, 0.4) is 0 Å². The topological polar surface area (TPSA) is 51.5 Å². The average Bonchev–Trinajstić information content (AvgIpc) is 2.47. The molecule has 0 saturated carbocycles. The van der Waals surface area contributed by atoms with E-state index in [1.807, 2.05) is 6.92 Å². The molecule has 0 unspecified atom stereocenters. The summed E-state index contributed by atoms with van der Waals surface area (Å²) in [6.07, 6.45) is 7.78. The molecular weight excluding hydrogens is 276 g/mol. The Morgan fingerprint density at radius 3 is 2.95 bits per heavy atom. The Morgan fingerprint density at radius 2 is 2.35 bits per heavy atom. The van der Waals surface area contributed by atoms with Crippen LogP contribution in [-0.4, -0.2) is 24.1 Å². The first kappa shape index (κ1) is 16.1. The zero-order valence-electron chi connectivity index (χ0n) is 11.4. The molecule has 1 rings (SSSR count). The monoisotopic (exact) mass is 292 g/mol. The highest BCUT2D eigenvalue weighted by atomic mass is 35.5. The van der Waals surface area contributed by atoms with E-state index in [4.69, 9.17) is 16.3 Å². The lowest BCUT2D eigenvalue weighted by Crippen LogP contribution is -1.97. The lowest BCUT2D eigenvalue weighted by molar-refractivity contribution is 0.0995. The molecule has 5 heteroatoms. The van der Waals surface area contributed by atoms with E-state index in [1.54, 1.807) is 30.4 Å². The summed E-state index contributed by atoms with van der Waals surface area (Å²) in [5.74, 6) is 0.421. The molecule has 0 bridgehead atoms. The normalized spacial score (nSPS) is 11.6. The van der Waals surface area contributed by atoms with Crippen molar-refractivity contribution in [2.45, 2.75) is 19.8 Å². The largest absolute Gasteiger partial charge is 0.478 e. The Kier molecular flexibility index (Phi) is 7.29. The van der Waals surface area contributed by atoms with Gasteiger partial charge in [0.25, 0.3) is 0 Å². The zero-order chi connectivity index (χ0) is 14.8. The molecule has 0 radical (unpaired) electrons. The van der Waals surface area contributed by atoms with Gasteiger partial charge in [0, 0.05) is 18.2 Å². The Morgan fingerprint density at radius 1 is 1.55 bits per heavy atom. The first-order chi connectivity index (χ1) is 9.67. The van der Waals surface area contributed by atoms with E-state index in [1.165, 1.54) is 6.20 Å². The highest BCUT2D eigenvalue weighted by Crippen LogP contribution is 2.08. The minimum absolute atomic E-state index is 0.0265. The van der Waals surface area contributed by atoms with Crippen LogP contribution in [0.2, 0.25) is 5.15 Å². The Hall–Kier alpha value is -1.94. The quantitative estimate of drug-likeness (QED) is 0.240. The number of ether oxygens (including phenoxy) is 1. The number of hydrogen-bond donors (Lipinski definition) is 0. The third-order valence-electron chi connectivity index (χ3n) is 2.34. The van der Waals surface area contributed by atoms with E-state index in [0.717, 1.165) is 6.42 Å². The van der Waals surface area contributed by atoms with Crippen molar-refractivity contribution in [1.82, 2.24) is 4.98 Å². The predicted octanol–water partition coefficient (Wildman–Crippen LogP) is 3.83. The van der Waals surface area contributed by atoms with E-state index in [-0.39, 0.29) is 12.2 Å². The fourth-order valence-electron chi connectivity index (χ4n) is 1.34. The number of carbonyl (C=O) groups excluding carboxylic acids is 1. The predicted molar refractivity (Wildman–Crippen MR) is 81.2 cm³/mol. The van der Waals surface area contributed by atoms with Crippen molar-refractivity contribution in [3.8, 4) is 0 Å². The van der Waals surface area contributed by atoms with Gasteiger partial charge in [-0.05, 0) is 31.3 Å². The Bertz CT molecular complexity index is 507. The molecule has 0 aromatic carbocycles. The molecule has 0 atom stereocenters. The second kappa shape index (κ2) is 9.04. The summed E-state index contributed by atoms with van der Waals surface area (Å²) in [7, 11) is 0. The maximum atomic E-state index is 11.8. The van der Waals surface area contributed by atoms with Crippen LogP contribution in [-0.2, 0) is 4.74 Å². The number of hydrogen-bond acceptors (Lipinski definition) is 4. The number of ketones is 1. The average molecular weight is 293 g/mol. The van der Waals surface area contributed by atoms with Gasteiger partial charge in [0.15, 0.2) is 5.78 Å². The minimum atomic E-state index is -0.0265. The standard InChI is InChI=1S/C15H17ClN2O2/c1-3-10-20-15(17-2)7-5-4-6-13(19)12-8-9-14(16)18-11-12/h4-5,7-9,11H,2-3,6,10H2,1H3/b5-4-,15-7+. The van der Waals surface area contributed by atoms with Gasteiger partial charge in [-0.1, -0.05) is 30.7 Å². The van der Waals surface area contributed by atoms with Crippen molar-refractivity contribution in [2.24, 2.45) is 4.99 Å². The molecule has 1 aromatic rings. The number of Topliss-reactive ketones (excluding diaryl/α,β-unsaturated/α-hetero) is 1. The van der Waals surface area contributed by atoms with E-state index < -0.39 is 0 Å². The van der Waals surface area contributed by atoms with Gasteiger partial charge in [0.2, 0.25) is 5.88 Å². The summed E-state index contributed by atoms with van der Waals surface area (Å²) in [4.78, 5) is 19.4. The molecule has 20 heavy (non-hydrogen) atoms. The maximum absolute atomic E-state index is 11.8. The van der Waals surface area contributed by atoms with Gasteiger partial charge in [-0.2, -0.15) is 0 Å². The van der Waals surface area contributed by atoms with Crippen LogP contribution >= 0.6 is 11.6 Å². The molecular formula is C15H17ClN2O2. The zero-order valence-corrected chi connectivity index (χ0v) is 12.1. The van der Waals surface area contributed by atoms with Crippen LogP contribution < -0.4 is 0 Å². The highest BCUT2D eigenvalue weighted by molar-refractivity contribution is 6.29. The summed E-state index contributed by atoms with van der Waals surface area (Å²) < 4.78 is 5.32. The first-order valence-corrected chi connectivity index (χ1v) is 6.66. The number of carbonyl (C=O) groups is 1. The number of pyridine rings is 1. The lowest BCUT2D eigenvalue weighted by Gasteiger charge is -2.01. The third kappa shape index (κ3) is 5.80. The van der Waals surface area contributed by atoms with Gasteiger partial charge < -0.3 is 4.74 Å². The van der Waals surface area contributed by atoms with Gasteiger partial charge in [0.1, 0.15) is 5.15 Å². The molecule has 0 aliphatic carbocycles. The van der Waals surface area contributed by atoms with Gasteiger partial charge in [-0.3, -0.25) is 4.79 Å². The van der Waals surface area contributed by atoms with Crippen molar-refractivity contribution in [3.05, 3.63) is 53.2 Å². The minimum Gasteiger partial charge on any atom is -0.478 e. The molecule has 0 spiro atoms. The van der Waals surface area contributed by atoms with Crippen LogP contribution in [0.4, 0.5) is 0 Å². The molecule has 1 heterocycles. The Balaban J connectivity index is 2.51. The van der Waals surface area contributed by atoms with Crippen LogP contribution in [0.5, 0.6) is 0 Å². The third-order valence-corrected chi connectivity index (χ3v) is 2.56. The number of allylic oxidation sites excluding steroid dienone is 3. The van der Waals surface area contributed by atoms with E-state index in [2.05, 4.69) is 16.7 Å². The molecule has 106 valence electrons. The first-order valence-electron chi connectivity index (χ1n) is 6.28. The number of aromatic nitrogens is 1. The number of rotatable bonds is 8. The molecule has 0 aliphatic heterocycles. The van der Waals surface area contributed by atoms with Crippen LogP contribution in [0, 0.1) is 0 Å². The summed E-state index contributed by atoms with van der Waals surface area (Å²) in [6, 6.07) is 3.25. The summed E-state index contributed by atoms with van der Waals surface area (Å²) in [6.45, 7) is 6.02. The molecule has 4 nitrogen and oxygen atoms in total. The number of halogens is 1. The number of nitrogens with zero attached hydrogens (tertiary/aromatic N) is 2. The van der Waals surface area contributed by atoms with Crippen LogP contribution in [0.25, 0.3) is 0 Å². The van der Waals surface area contributed by atoms with Crippen molar-refractivity contribution in [2.75, 3.05) is 6.61 Å². The van der Waals surface area contributed by atoms with Crippen molar-refractivity contribution in [1.29, 1.82) is 0 Å². The maximum Gasteiger partial charge on any atom is 0.212 e. The van der Waals surface area contributed by atoms with Crippen molar-refractivity contribution < 1.29 is 9.53 Å². The van der Waals surface area contributed by atoms with E-state index in [9.17, 15) is 4.79 Å². The SMILES string of the molecule is C=N/C(=C\C=C/CC(=O)c1ccc(Cl)nc1)OCCC. The second-order valence-electron chi connectivity index (χ2n) is 3.94. The second-order valence-corrected chi connectivity index (χ2v) is 4.32. The lowest BCUT2D eigenvalue weighted by atomic mass is 10.1. The summed E-state index contributed by atoms with van der Waals surface area (Å²) in [5, 5.41) is 0.370. The van der Waals surface area contributed by atoms with Gasteiger partial charge in [-0.25, -0.2) is 9.98 Å². The van der Waals surface area contributed by atoms with E-state index in [0.29, 0.717) is 23.2 Å². The molecule has 0 aliphatic rings. The van der Waals surface area contributed by atoms with Gasteiger partial charge in [-0.15, -0.1) is 0 Å². The van der Waals surface area contributed by atoms with Gasteiger partial charge in [0.05, 0.1) is 6.61 Å². The van der Waals surface area contributed by atoms with Crippen LogP contribution in [0.15, 0.2) is 47.4 Å². The molecule has 0 fully saturated rings. The fourth-order valence-corrected chi connectivity index (χ4v) is 1.45. The number of aliphatic imine (C=N–C) groups is 1. The van der Waals surface area contributed by atoms with Gasteiger partial charge >= 0.3 is 0 Å². The molecule has 0 N–H and O–H groups in total. The highest BCUT2D eigenvalue weighted by Gasteiger charge is 2.03. The summed E-state index contributed by atoms with van der Waals surface area (Å²) >= 11 is 5.66. The van der Waals surface area contributed by atoms with Crippen molar-refractivity contribution >= 4 is 24.1 Å².